The number of allylic oxidation sites excluding steroid dienone is 1. The number of imide groups is 1. The zero-order valence-corrected chi connectivity index (χ0v) is 20.2. The number of hydrogen-bond donors (Lipinski definition) is 2. The van der Waals surface area contributed by atoms with Crippen LogP contribution in [0.5, 0.6) is 5.75 Å². The number of urea groups is 1. The maximum Gasteiger partial charge on any atom is 0.329 e. The van der Waals surface area contributed by atoms with Gasteiger partial charge in [-0.05, 0) is 62.8 Å². The summed E-state index contributed by atoms with van der Waals surface area (Å²) in [6, 6.07) is 8.31. The molecule has 1 saturated heterocycles. The normalized spacial score (nSPS) is 17.8. The molecule has 0 spiro atoms. The fourth-order valence-electron chi connectivity index (χ4n) is 4.23. The van der Waals surface area contributed by atoms with Crippen molar-refractivity contribution >= 4 is 40.9 Å². The van der Waals surface area contributed by atoms with Crippen molar-refractivity contribution in [3.8, 4) is 5.75 Å². The molecule has 182 valence electrons. The van der Waals surface area contributed by atoms with Gasteiger partial charge in [-0.2, -0.15) is 0 Å². The second-order valence-electron chi connectivity index (χ2n) is 9.09. The van der Waals surface area contributed by atoms with Gasteiger partial charge < -0.3 is 20.3 Å². The summed E-state index contributed by atoms with van der Waals surface area (Å²) in [5.74, 6) is -1.11. The van der Waals surface area contributed by atoms with E-state index in [1.807, 2.05) is 26.1 Å². The Hall–Kier alpha value is -4.14. The number of amides is 4. The number of ether oxygens (including phenoxy) is 1. The number of carbonyl (C=O) groups is 3. The lowest BCUT2D eigenvalue weighted by Gasteiger charge is -2.41. The molecule has 2 aliphatic heterocycles. The summed E-state index contributed by atoms with van der Waals surface area (Å²) in [5.41, 5.74) is 3.91. The monoisotopic (exact) mass is 478 g/mol. The summed E-state index contributed by atoms with van der Waals surface area (Å²) in [6.07, 6.45) is 3.72. The minimum Gasteiger partial charge on any atom is -0.496 e. The van der Waals surface area contributed by atoms with Crippen molar-refractivity contribution in [3.05, 3.63) is 65.1 Å². The number of benzene rings is 2. The quantitative estimate of drug-likeness (QED) is 0.501. The fraction of sp³-hybridized carbons (Fsp3) is 0.269. The maximum atomic E-state index is 13.1. The van der Waals surface area contributed by atoms with Crippen LogP contribution < -0.4 is 20.3 Å². The zero-order valence-electron chi connectivity index (χ0n) is 20.2. The number of carbonyl (C=O) groups excluding carboxylic acids is 3. The molecule has 0 radical (unpaired) electrons. The molecule has 9 heteroatoms. The predicted octanol–water partition coefficient (Wildman–Crippen LogP) is 4.00. The molecule has 0 aliphatic carbocycles. The Balaban J connectivity index is 1.58. The first kappa shape index (κ1) is 24.0. The van der Waals surface area contributed by atoms with Crippen molar-refractivity contribution < 1.29 is 23.5 Å². The van der Waals surface area contributed by atoms with E-state index in [2.05, 4.69) is 35.5 Å². The number of likely N-dealkylation sites (N-methyl/N-ethyl adjacent to an activating group) is 1. The highest BCUT2D eigenvalue weighted by Gasteiger charge is 2.35. The lowest BCUT2D eigenvalue weighted by molar-refractivity contribution is -0.127. The molecule has 2 aromatic rings. The highest BCUT2D eigenvalue weighted by atomic mass is 19.1. The van der Waals surface area contributed by atoms with Gasteiger partial charge in [0, 0.05) is 35.6 Å². The summed E-state index contributed by atoms with van der Waals surface area (Å²) in [4.78, 5) is 40.7. The number of nitrogens with one attached hydrogen (secondary N) is 2. The second kappa shape index (κ2) is 8.90. The Morgan fingerprint density at radius 2 is 1.89 bits per heavy atom. The number of rotatable bonds is 5. The minimum atomic E-state index is -0.704. The van der Waals surface area contributed by atoms with Gasteiger partial charge in [-0.1, -0.05) is 6.08 Å². The van der Waals surface area contributed by atoms with Crippen LogP contribution in [0.4, 0.5) is 20.6 Å². The first-order valence-electron chi connectivity index (χ1n) is 11.1. The molecular weight excluding hydrogens is 451 g/mol. The van der Waals surface area contributed by atoms with Gasteiger partial charge in [-0.25, -0.2) is 14.1 Å². The zero-order chi connectivity index (χ0) is 25.5. The molecule has 0 saturated carbocycles. The van der Waals surface area contributed by atoms with Gasteiger partial charge in [0.2, 0.25) is 5.91 Å². The van der Waals surface area contributed by atoms with E-state index in [9.17, 15) is 18.8 Å². The Kier molecular flexibility index (Phi) is 6.10. The summed E-state index contributed by atoms with van der Waals surface area (Å²) in [7, 11) is 3.55. The van der Waals surface area contributed by atoms with E-state index in [0.29, 0.717) is 17.0 Å². The third kappa shape index (κ3) is 4.62. The van der Waals surface area contributed by atoms with Gasteiger partial charge in [0.1, 0.15) is 23.8 Å². The predicted molar refractivity (Wildman–Crippen MR) is 132 cm³/mol. The first-order chi connectivity index (χ1) is 16.5. The van der Waals surface area contributed by atoms with Gasteiger partial charge in [0.25, 0.3) is 5.91 Å². The van der Waals surface area contributed by atoms with Crippen molar-refractivity contribution in [2.75, 3.05) is 30.9 Å². The van der Waals surface area contributed by atoms with Crippen LogP contribution >= 0.6 is 0 Å². The Bertz CT molecular complexity index is 1280. The lowest BCUT2D eigenvalue weighted by Crippen LogP contribution is -2.42. The number of fused-ring (bicyclic) bond motifs is 1. The van der Waals surface area contributed by atoms with Crippen LogP contribution in [-0.4, -0.2) is 49.0 Å². The lowest BCUT2D eigenvalue weighted by atomic mass is 9.88. The van der Waals surface area contributed by atoms with Crippen molar-refractivity contribution in [2.45, 2.75) is 26.3 Å². The van der Waals surface area contributed by atoms with Crippen molar-refractivity contribution in [1.82, 2.24) is 10.2 Å². The van der Waals surface area contributed by atoms with Gasteiger partial charge in [0.15, 0.2) is 0 Å². The van der Waals surface area contributed by atoms with Gasteiger partial charge in [-0.15, -0.1) is 0 Å². The molecule has 2 heterocycles. The third-order valence-electron chi connectivity index (χ3n) is 6.26. The second-order valence-corrected chi connectivity index (χ2v) is 9.09. The molecule has 4 amide bonds. The number of methoxy groups -OCH3 is 1. The molecule has 1 fully saturated rings. The molecule has 8 nitrogen and oxygen atoms in total. The van der Waals surface area contributed by atoms with E-state index in [0.717, 1.165) is 21.7 Å². The molecule has 2 aliphatic rings. The standard InChI is InChI=1S/C26H27FN4O4/c1-15-13-26(2,3)30(4)21-12-22(35-5)16(10-19(15)21)11-20-24(33)31(25(34)29-20)14-23(32)28-18-8-6-17(27)7-9-18/h6-13H,14H2,1-5H3,(H,28,32)(H,29,34)/b20-11+. The van der Waals surface area contributed by atoms with Crippen LogP contribution in [0.15, 0.2) is 48.2 Å². The molecule has 2 aromatic carbocycles. The largest absolute Gasteiger partial charge is 0.496 e. The van der Waals surface area contributed by atoms with Crippen LogP contribution in [0, 0.1) is 5.82 Å². The molecule has 0 unspecified atom stereocenters. The third-order valence-corrected chi connectivity index (χ3v) is 6.26. The van der Waals surface area contributed by atoms with E-state index < -0.39 is 30.2 Å². The van der Waals surface area contributed by atoms with E-state index in [4.69, 9.17) is 4.74 Å². The highest BCUT2D eigenvalue weighted by molar-refractivity contribution is 6.16. The molecule has 4 rings (SSSR count). The number of anilines is 2. The number of nitrogens with zero attached hydrogens (tertiary/aromatic N) is 2. The fourth-order valence-corrected chi connectivity index (χ4v) is 4.23. The molecule has 2 N–H and O–H groups in total. The maximum absolute atomic E-state index is 13.1. The molecule has 35 heavy (non-hydrogen) atoms. The number of hydrogen-bond acceptors (Lipinski definition) is 5. The minimum absolute atomic E-state index is 0.0361. The van der Waals surface area contributed by atoms with E-state index >= 15 is 0 Å². The van der Waals surface area contributed by atoms with Gasteiger partial charge in [0.05, 0.1) is 12.6 Å². The van der Waals surface area contributed by atoms with Crippen LogP contribution in [0.2, 0.25) is 0 Å². The van der Waals surface area contributed by atoms with E-state index in [-0.39, 0.29) is 11.2 Å². The summed E-state index contributed by atoms with van der Waals surface area (Å²) >= 11 is 0. The van der Waals surface area contributed by atoms with Crippen molar-refractivity contribution in [3.63, 3.8) is 0 Å². The van der Waals surface area contributed by atoms with Crippen LogP contribution in [0.1, 0.15) is 31.9 Å². The number of halogens is 1. The van der Waals surface area contributed by atoms with Crippen molar-refractivity contribution in [2.24, 2.45) is 0 Å². The topological polar surface area (TPSA) is 91.0 Å². The SMILES string of the molecule is COc1cc2c(cc1/C=C1/NC(=O)N(CC(=O)Nc3ccc(F)cc3)C1=O)C(C)=CC(C)(C)N2C. The van der Waals surface area contributed by atoms with Gasteiger partial charge in [-0.3, -0.25) is 9.59 Å². The Labute approximate surface area is 203 Å². The van der Waals surface area contributed by atoms with E-state index in [1.54, 1.807) is 13.2 Å². The summed E-state index contributed by atoms with van der Waals surface area (Å²) < 4.78 is 18.6. The summed E-state index contributed by atoms with van der Waals surface area (Å²) in [5, 5.41) is 5.07. The summed E-state index contributed by atoms with van der Waals surface area (Å²) in [6.45, 7) is 5.79. The smallest absolute Gasteiger partial charge is 0.329 e. The van der Waals surface area contributed by atoms with Crippen LogP contribution in [-0.2, 0) is 9.59 Å². The Morgan fingerprint density at radius 3 is 2.54 bits per heavy atom. The Morgan fingerprint density at radius 1 is 1.20 bits per heavy atom. The van der Waals surface area contributed by atoms with Crippen LogP contribution in [0.3, 0.4) is 0 Å². The highest BCUT2D eigenvalue weighted by Crippen LogP contribution is 2.41. The van der Waals surface area contributed by atoms with E-state index in [1.165, 1.54) is 24.3 Å². The van der Waals surface area contributed by atoms with Crippen LogP contribution in [0.25, 0.3) is 11.6 Å². The molecular formula is C26H27FN4O4. The average Bonchev–Trinajstić information content (AvgIpc) is 3.06. The average molecular weight is 479 g/mol. The van der Waals surface area contributed by atoms with Gasteiger partial charge >= 0.3 is 6.03 Å². The molecule has 0 aromatic heterocycles. The molecule has 0 atom stereocenters. The van der Waals surface area contributed by atoms with Crippen molar-refractivity contribution in [1.29, 1.82) is 0 Å². The molecule has 0 bridgehead atoms. The first-order valence-corrected chi connectivity index (χ1v) is 11.1.